The van der Waals surface area contributed by atoms with Gasteiger partial charge in [-0.1, -0.05) is 18.2 Å². The molecule has 0 unspecified atom stereocenters. The first-order chi connectivity index (χ1) is 6.68. The molecule has 0 spiro atoms. The quantitative estimate of drug-likeness (QED) is 0.617. The summed E-state index contributed by atoms with van der Waals surface area (Å²) in [6.07, 6.45) is 0. The van der Waals surface area contributed by atoms with E-state index in [1.54, 1.807) is 18.2 Å². The van der Waals surface area contributed by atoms with Crippen LogP contribution in [0.5, 0.6) is 11.5 Å². The van der Waals surface area contributed by atoms with Crippen molar-refractivity contribution in [1.29, 1.82) is 0 Å². The molecule has 0 aromatic heterocycles. The van der Waals surface area contributed by atoms with Gasteiger partial charge in [-0.15, -0.1) is 0 Å². The number of phenols is 2. The molecule has 70 valence electrons. The van der Waals surface area contributed by atoms with Crippen molar-refractivity contribution in [3.63, 3.8) is 0 Å². The van der Waals surface area contributed by atoms with Gasteiger partial charge in [-0.2, -0.15) is 0 Å². The fourth-order valence-electron chi connectivity index (χ4n) is 1.34. The largest absolute Gasteiger partial charge is 0.504 e. The molecule has 0 amide bonds. The summed E-state index contributed by atoms with van der Waals surface area (Å²) < 4.78 is 0. The smallest absolute Gasteiger partial charge is 0.186 e. The Morgan fingerprint density at radius 2 is 1.57 bits per heavy atom. The molecular weight excluding hydrogens is 180 g/mol. The number of rotatable bonds is 0. The van der Waals surface area contributed by atoms with Crippen LogP contribution in [0.1, 0.15) is 0 Å². The van der Waals surface area contributed by atoms with Gasteiger partial charge in [-0.05, 0) is 23.6 Å². The Kier molecular flexibility index (Phi) is 1.85. The Hall–Kier alpha value is -2.03. The number of hydrogen-bond acceptors (Lipinski definition) is 3. The van der Waals surface area contributed by atoms with Gasteiger partial charge in [0.2, 0.25) is 0 Å². The van der Waals surface area contributed by atoms with Crippen LogP contribution in [-0.2, 0) is 0 Å². The average Bonchev–Trinajstić information content (AvgIpc) is 2.31. The first-order valence-corrected chi connectivity index (χ1v) is 4.13. The second kappa shape index (κ2) is 3.03. The number of hydrogen-bond donors (Lipinski definition) is 2. The lowest BCUT2D eigenvalue weighted by Crippen LogP contribution is -1.93. The van der Waals surface area contributed by atoms with Crippen LogP contribution in [0.3, 0.4) is 0 Å². The molecule has 14 heavy (non-hydrogen) atoms. The Bertz CT molecular complexity index is 547. The Balaban J connectivity index is 3.01. The van der Waals surface area contributed by atoms with Gasteiger partial charge < -0.3 is 10.2 Å². The third kappa shape index (κ3) is 1.29. The fourth-order valence-corrected chi connectivity index (χ4v) is 1.34. The van der Waals surface area contributed by atoms with Crippen molar-refractivity contribution in [2.24, 2.45) is 0 Å². The van der Waals surface area contributed by atoms with Gasteiger partial charge in [0.15, 0.2) is 16.9 Å². The Morgan fingerprint density at radius 3 is 2.36 bits per heavy atom. The van der Waals surface area contributed by atoms with Crippen molar-refractivity contribution in [3.05, 3.63) is 46.6 Å². The van der Waals surface area contributed by atoms with Crippen LogP contribution in [0.25, 0.3) is 10.8 Å². The molecule has 2 rings (SSSR count). The van der Waals surface area contributed by atoms with E-state index in [1.165, 1.54) is 18.2 Å². The number of benzene rings is 1. The van der Waals surface area contributed by atoms with Crippen LogP contribution < -0.4 is 5.43 Å². The molecule has 0 fully saturated rings. The minimum Gasteiger partial charge on any atom is -0.504 e. The van der Waals surface area contributed by atoms with E-state index in [9.17, 15) is 15.0 Å². The fraction of sp³-hybridized carbons (Fsp3) is 0. The molecule has 0 bridgehead atoms. The maximum absolute atomic E-state index is 11.4. The van der Waals surface area contributed by atoms with E-state index >= 15 is 0 Å². The Labute approximate surface area is 79.9 Å². The number of aromatic hydroxyl groups is 2. The van der Waals surface area contributed by atoms with Crippen molar-refractivity contribution < 1.29 is 10.2 Å². The summed E-state index contributed by atoms with van der Waals surface area (Å²) in [6.45, 7) is 0. The molecule has 3 heteroatoms. The van der Waals surface area contributed by atoms with Crippen LogP contribution in [0.4, 0.5) is 0 Å². The van der Waals surface area contributed by atoms with Gasteiger partial charge >= 0.3 is 0 Å². The van der Waals surface area contributed by atoms with E-state index in [0.29, 0.717) is 10.8 Å². The SMILES string of the molecule is O=c1ccccc2cc(O)c(O)cc12. The molecule has 2 aromatic rings. The summed E-state index contributed by atoms with van der Waals surface area (Å²) in [6, 6.07) is 9.09. The van der Waals surface area contributed by atoms with Crippen LogP contribution in [0.2, 0.25) is 0 Å². The minimum atomic E-state index is -0.277. The highest BCUT2D eigenvalue weighted by Gasteiger charge is 2.02. The molecule has 2 N–H and O–H groups in total. The van der Waals surface area contributed by atoms with Crippen molar-refractivity contribution in [2.75, 3.05) is 0 Å². The van der Waals surface area contributed by atoms with E-state index in [2.05, 4.69) is 0 Å². The lowest BCUT2D eigenvalue weighted by atomic mass is 10.1. The van der Waals surface area contributed by atoms with E-state index in [0.717, 1.165) is 0 Å². The van der Waals surface area contributed by atoms with Crippen LogP contribution in [0.15, 0.2) is 41.2 Å². The van der Waals surface area contributed by atoms with Gasteiger partial charge in [-0.3, -0.25) is 4.79 Å². The lowest BCUT2D eigenvalue weighted by molar-refractivity contribution is 0.405. The minimum absolute atomic E-state index is 0.180. The van der Waals surface area contributed by atoms with Crippen molar-refractivity contribution in [1.82, 2.24) is 0 Å². The molecule has 3 nitrogen and oxygen atoms in total. The van der Waals surface area contributed by atoms with Gasteiger partial charge in [0.25, 0.3) is 0 Å². The molecule has 0 radical (unpaired) electrons. The van der Waals surface area contributed by atoms with E-state index in [4.69, 9.17) is 0 Å². The highest BCUT2D eigenvalue weighted by Crippen LogP contribution is 2.27. The molecule has 0 aliphatic heterocycles. The Morgan fingerprint density at radius 1 is 0.929 bits per heavy atom. The van der Waals surface area contributed by atoms with Gasteiger partial charge in [-0.25, -0.2) is 0 Å². The summed E-state index contributed by atoms with van der Waals surface area (Å²) in [5.74, 6) is -0.496. The normalized spacial score (nSPS) is 10.3. The maximum atomic E-state index is 11.4. The standard InChI is InChI=1S/C11H8O3/c12-9-4-2-1-3-7-5-10(13)11(14)6-8(7)9/h1-6,13-14H. The summed E-state index contributed by atoms with van der Waals surface area (Å²) in [5, 5.41) is 19.5. The van der Waals surface area contributed by atoms with Gasteiger partial charge in [0, 0.05) is 5.39 Å². The highest BCUT2D eigenvalue weighted by atomic mass is 16.3. The van der Waals surface area contributed by atoms with Crippen LogP contribution in [0, 0.1) is 0 Å². The zero-order valence-corrected chi connectivity index (χ0v) is 7.27. The monoisotopic (exact) mass is 188 g/mol. The molecule has 0 heterocycles. The van der Waals surface area contributed by atoms with Crippen molar-refractivity contribution >= 4 is 10.8 Å². The molecule has 0 aliphatic carbocycles. The molecule has 2 aromatic carbocycles. The first kappa shape index (κ1) is 8.56. The summed E-state index contributed by atoms with van der Waals surface area (Å²) in [5.41, 5.74) is -0.180. The number of phenolic OH excluding ortho intramolecular Hbond substituents is 2. The molecule has 0 aliphatic rings. The molecule has 0 atom stereocenters. The molecule has 0 saturated heterocycles. The van der Waals surface area contributed by atoms with Gasteiger partial charge in [0.1, 0.15) is 0 Å². The van der Waals surface area contributed by atoms with Crippen molar-refractivity contribution in [3.8, 4) is 11.5 Å². The topological polar surface area (TPSA) is 57.5 Å². The first-order valence-electron chi connectivity index (χ1n) is 4.13. The van der Waals surface area contributed by atoms with E-state index < -0.39 is 0 Å². The predicted octanol–water partition coefficient (Wildman–Crippen LogP) is 1.61. The average molecular weight is 188 g/mol. The third-order valence-corrected chi connectivity index (χ3v) is 2.05. The second-order valence-corrected chi connectivity index (χ2v) is 3.01. The third-order valence-electron chi connectivity index (χ3n) is 2.05. The molecule has 0 saturated carbocycles. The van der Waals surface area contributed by atoms with Crippen LogP contribution >= 0.6 is 0 Å². The zero-order valence-electron chi connectivity index (χ0n) is 7.27. The van der Waals surface area contributed by atoms with E-state index in [-0.39, 0.29) is 16.9 Å². The zero-order chi connectivity index (χ0) is 10.1. The predicted molar refractivity (Wildman–Crippen MR) is 53.5 cm³/mol. The summed E-state index contributed by atoms with van der Waals surface area (Å²) >= 11 is 0. The molecular formula is C11H8O3. The second-order valence-electron chi connectivity index (χ2n) is 3.01. The highest BCUT2D eigenvalue weighted by molar-refractivity contribution is 5.85. The summed E-state index contributed by atoms with van der Waals surface area (Å²) in [7, 11) is 0. The van der Waals surface area contributed by atoms with E-state index in [1.807, 2.05) is 0 Å². The van der Waals surface area contributed by atoms with Gasteiger partial charge in [0.05, 0.1) is 0 Å². The maximum Gasteiger partial charge on any atom is 0.186 e. The van der Waals surface area contributed by atoms with Crippen LogP contribution in [-0.4, -0.2) is 10.2 Å². The lowest BCUT2D eigenvalue weighted by Gasteiger charge is -1.97. The number of fused-ring (bicyclic) bond motifs is 1. The summed E-state index contributed by atoms with van der Waals surface area (Å²) in [4.78, 5) is 11.4. The van der Waals surface area contributed by atoms with Crippen molar-refractivity contribution in [2.45, 2.75) is 0 Å².